The number of benzene rings is 2. The van der Waals surface area contributed by atoms with Crippen molar-refractivity contribution in [3.8, 4) is 22.8 Å². The van der Waals surface area contributed by atoms with Crippen LogP contribution in [0.5, 0.6) is 0 Å². The third-order valence-electron chi connectivity index (χ3n) is 4.34. The molecule has 0 aliphatic heterocycles. The molecule has 0 saturated heterocycles. The first kappa shape index (κ1) is 19.7. The monoisotopic (exact) mass is 425 g/mol. The molecule has 0 unspecified atom stereocenters. The van der Waals surface area contributed by atoms with Crippen molar-refractivity contribution >= 4 is 23.4 Å². The molecule has 148 valence electrons. The fourth-order valence-electron chi connectivity index (χ4n) is 3.00. The highest BCUT2D eigenvalue weighted by Crippen LogP contribution is 2.29. The van der Waals surface area contributed by atoms with Crippen LogP contribution in [0.1, 0.15) is 24.8 Å². The highest BCUT2D eigenvalue weighted by atomic mass is 35.5. The van der Waals surface area contributed by atoms with Gasteiger partial charge in [-0.2, -0.15) is 0 Å². The molecule has 0 radical (unpaired) electrons. The Balaban J connectivity index is 1.54. The first-order chi connectivity index (χ1) is 14.2. The molecular weight excluding hydrogens is 406 g/mol. The minimum atomic E-state index is 0.418. The maximum atomic E-state index is 6.21. The standard InChI is InChI=1S/C21H20ClN5OS/c1-3-11-27-19(15-8-6-7-14(2)12-15)24-26-21(27)29-13-18-23-25-20(28-18)16-9-4-5-10-17(16)22/h4-10,12H,3,11,13H2,1-2H3. The lowest BCUT2D eigenvalue weighted by Crippen LogP contribution is -2.02. The summed E-state index contributed by atoms with van der Waals surface area (Å²) in [5.74, 6) is 2.32. The third kappa shape index (κ3) is 4.36. The van der Waals surface area contributed by atoms with E-state index in [9.17, 15) is 0 Å². The molecule has 0 aliphatic rings. The average molecular weight is 426 g/mol. The van der Waals surface area contributed by atoms with Gasteiger partial charge in [0, 0.05) is 12.1 Å². The van der Waals surface area contributed by atoms with Crippen LogP contribution in [0.15, 0.2) is 58.1 Å². The molecule has 0 aliphatic carbocycles. The fraction of sp³-hybridized carbons (Fsp3) is 0.238. The Labute approximate surface area is 178 Å². The summed E-state index contributed by atoms with van der Waals surface area (Å²) in [6.45, 7) is 5.06. The largest absolute Gasteiger partial charge is 0.420 e. The van der Waals surface area contributed by atoms with Gasteiger partial charge < -0.3 is 8.98 Å². The van der Waals surface area contributed by atoms with Gasteiger partial charge in [-0.15, -0.1) is 20.4 Å². The number of rotatable bonds is 7. The van der Waals surface area contributed by atoms with E-state index in [4.69, 9.17) is 16.0 Å². The molecule has 2 heterocycles. The number of halogens is 1. The van der Waals surface area contributed by atoms with Crippen LogP contribution in [-0.4, -0.2) is 25.0 Å². The molecular formula is C21H20ClN5OS. The van der Waals surface area contributed by atoms with E-state index >= 15 is 0 Å². The summed E-state index contributed by atoms with van der Waals surface area (Å²) in [6, 6.07) is 15.7. The van der Waals surface area contributed by atoms with Crippen molar-refractivity contribution in [1.29, 1.82) is 0 Å². The van der Waals surface area contributed by atoms with Gasteiger partial charge in [0.05, 0.1) is 16.3 Å². The van der Waals surface area contributed by atoms with Gasteiger partial charge in [-0.05, 0) is 31.5 Å². The molecule has 0 saturated carbocycles. The molecule has 0 bridgehead atoms. The van der Waals surface area contributed by atoms with E-state index in [0.29, 0.717) is 22.6 Å². The number of nitrogens with zero attached hydrogens (tertiary/aromatic N) is 5. The van der Waals surface area contributed by atoms with Gasteiger partial charge in [0.25, 0.3) is 0 Å². The maximum Gasteiger partial charge on any atom is 0.249 e. The number of thioether (sulfide) groups is 1. The molecule has 8 heteroatoms. The van der Waals surface area contributed by atoms with E-state index in [1.807, 2.05) is 24.3 Å². The van der Waals surface area contributed by atoms with E-state index in [2.05, 4.69) is 57.0 Å². The highest BCUT2D eigenvalue weighted by Gasteiger charge is 2.16. The van der Waals surface area contributed by atoms with E-state index in [1.165, 1.54) is 17.3 Å². The Morgan fingerprint density at radius 3 is 2.69 bits per heavy atom. The average Bonchev–Trinajstić information content (AvgIpc) is 3.34. The second kappa shape index (κ2) is 8.80. The number of hydrogen-bond acceptors (Lipinski definition) is 6. The molecule has 0 fully saturated rings. The Kier molecular flexibility index (Phi) is 5.97. The van der Waals surface area contributed by atoms with Crippen LogP contribution in [0.4, 0.5) is 0 Å². The van der Waals surface area contributed by atoms with Gasteiger partial charge in [0.2, 0.25) is 11.8 Å². The van der Waals surface area contributed by atoms with Crippen molar-refractivity contribution in [3.05, 3.63) is 65.0 Å². The third-order valence-corrected chi connectivity index (χ3v) is 5.62. The predicted octanol–water partition coefficient (Wildman–Crippen LogP) is 5.66. The zero-order chi connectivity index (χ0) is 20.2. The van der Waals surface area contributed by atoms with E-state index in [-0.39, 0.29) is 0 Å². The van der Waals surface area contributed by atoms with Crippen molar-refractivity contribution in [2.75, 3.05) is 0 Å². The van der Waals surface area contributed by atoms with E-state index in [0.717, 1.165) is 35.1 Å². The van der Waals surface area contributed by atoms with Gasteiger partial charge in [-0.1, -0.05) is 66.2 Å². The molecule has 0 spiro atoms. The fourth-order valence-corrected chi connectivity index (χ4v) is 4.02. The molecule has 0 N–H and O–H groups in total. The molecule has 29 heavy (non-hydrogen) atoms. The summed E-state index contributed by atoms with van der Waals surface area (Å²) < 4.78 is 7.94. The Morgan fingerprint density at radius 2 is 1.90 bits per heavy atom. The van der Waals surface area contributed by atoms with Crippen molar-refractivity contribution < 1.29 is 4.42 Å². The smallest absolute Gasteiger partial charge is 0.249 e. The van der Waals surface area contributed by atoms with Crippen LogP contribution in [0.3, 0.4) is 0 Å². The molecule has 4 rings (SSSR count). The summed E-state index contributed by atoms with van der Waals surface area (Å²) in [6.07, 6.45) is 0.988. The minimum Gasteiger partial charge on any atom is -0.420 e. The van der Waals surface area contributed by atoms with Gasteiger partial charge in [-0.25, -0.2) is 0 Å². The van der Waals surface area contributed by atoms with Crippen LogP contribution in [0, 0.1) is 6.92 Å². The SMILES string of the molecule is CCCn1c(SCc2nnc(-c3ccccc3Cl)o2)nnc1-c1cccc(C)c1. The molecule has 6 nitrogen and oxygen atoms in total. The van der Waals surface area contributed by atoms with Gasteiger partial charge in [-0.3, -0.25) is 0 Å². The van der Waals surface area contributed by atoms with Crippen LogP contribution in [-0.2, 0) is 12.3 Å². The predicted molar refractivity (Wildman–Crippen MR) is 115 cm³/mol. The van der Waals surface area contributed by atoms with Crippen LogP contribution in [0.2, 0.25) is 5.02 Å². The van der Waals surface area contributed by atoms with Gasteiger partial charge >= 0.3 is 0 Å². The minimum absolute atomic E-state index is 0.418. The second-order valence-electron chi connectivity index (χ2n) is 6.60. The highest BCUT2D eigenvalue weighted by molar-refractivity contribution is 7.98. The van der Waals surface area contributed by atoms with E-state index < -0.39 is 0 Å². The molecule has 2 aromatic heterocycles. The van der Waals surface area contributed by atoms with Crippen LogP contribution < -0.4 is 0 Å². The number of aryl methyl sites for hydroxylation is 1. The summed E-state index contributed by atoms with van der Waals surface area (Å²) in [5.41, 5.74) is 2.99. The number of hydrogen-bond donors (Lipinski definition) is 0. The lowest BCUT2D eigenvalue weighted by molar-refractivity contribution is 0.528. The van der Waals surface area contributed by atoms with Crippen molar-refractivity contribution in [2.45, 2.75) is 37.7 Å². The topological polar surface area (TPSA) is 69.6 Å². The second-order valence-corrected chi connectivity index (χ2v) is 7.95. The maximum absolute atomic E-state index is 6.21. The first-order valence-electron chi connectivity index (χ1n) is 9.36. The quantitative estimate of drug-likeness (QED) is 0.356. The molecule has 0 atom stereocenters. The summed E-state index contributed by atoms with van der Waals surface area (Å²) in [7, 11) is 0. The molecule has 4 aromatic rings. The lowest BCUT2D eigenvalue weighted by atomic mass is 10.1. The van der Waals surface area contributed by atoms with Crippen LogP contribution >= 0.6 is 23.4 Å². The summed E-state index contributed by atoms with van der Waals surface area (Å²) in [4.78, 5) is 0. The zero-order valence-electron chi connectivity index (χ0n) is 16.2. The Morgan fingerprint density at radius 1 is 1.03 bits per heavy atom. The van der Waals surface area contributed by atoms with E-state index in [1.54, 1.807) is 6.07 Å². The van der Waals surface area contributed by atoms with Gasteiger partial charge in [0.1, 0.15) is 0 Å². The van der Waals surface area contributed by atoms with Crippen molar-refractivity contribution in [1.82, 2.24) is 25.0 Å². The van der Waals surface area contributed by atoms with Crippen LogP contribution in [0.25, 0.3) is 22.8 Å². The van der Waals surface area contributed by atoms with Crippen molar-refractivity contribution in [2.24, 2.45) is 0 Å². The van der Waals surface area contributed by atoms with Crippen molar-refractivity contribution in [3.63, 3.8) is 0 Å². The lowest BCUT2D eigenvalue weighted by Gasteiger charge is -2.08. The Bertz CT molecular complexity index is 1120. The summed E-state index contributed by atoms with van der Waals surface area (Å²) in [5, 5.41) is 18.5. The molecule has 2 aromatic carbocycles. The summed E-state index contributed by atoms with van der Waals surface area (Å²) >= 11 is 7.75. The molecule has 0 amide bonds. The first-order valence-corrected chi connectivity index (χ1v) is 10.7. The Hall–Kier alpha value is -2.64. The van der Waals surface area contributed by atoms with Gasteiger partial charge in [0.15, 0.2) is 11.0 Å². The zero-order valence-corrected chi connectivity index (χ0v) is 17.7. The normalized spacial score (nSPS) is 11.1. The number of aromatic nitrogens is 5.